The number of nitrogens with one attached hydrogen (secondary N) is 2. The molecule has 3 N–H and O–H groups in total. The molecule has 140 valence electrons. The Labute approximate surface area is 150 Å². The quantitative estimate of drug-likeness (QED) is 0.635. The van der Waals surface area contributed by atoms with Gasteiger partial charge < -0.3 is 14.6 Å². The lowest BCUT2D eigenvalue weighted by Crippen LogP contribution is -2.35. The average Bonchev–Trinajstić information content (AvgIpc) is 2.59. The molecule has 26 heavy (non-hydrogen) atoms. The van der Waals surface area contributed by atoms with Crippen LogP contribution in [0.2, 0.25) is 0 Å². The van der Waals surface area contributed by atoms with Gasteiger partial charge in [0.1, 0.15) is 17.3 Å². The van der Waals surface area contributed by atoms with Gasteiger partial charge in [-0.2, -0.15) is 4.98 Å². The normalized spacial score (nSPS) is 10.9. The highest BCUT2D eigenvalue weighted by Gasteiger charge is 2.22. The van der Waals surface area contributed by atoms with Gasteiger partial charge >= 0.3 is 6.03 Å². The van der Waals surface area contributed by atoms with Crippen molar-refractivity contribution in [3.63, 3.8) is 0 Å². The molecule has 0 aliphatic carbocycles. The van der Waals surface area contributed by atoms with E-state index in [9.17, 15) is 13.2 Å². The number of aliphatic hydroxyl groups is 1. The Morgan fingerprint density at radius 1 is 1.27 bits per heavy atom. The number of nitrogens with zero attached hydrogens (tertiary/aromatic N) is 2. The molecule has 10 nitrogen and oxygen atoms in total. The number of sulfonamides is 1. The summed E-state index contributed by atoms with van der Waals surface area (Å²) in [5.41, 5.74) is 0.526. The molecule has 0 aliphatic heterocycles. The summed E-state index contributed by atoms with van der Waals surface area (Å²) in [6.45, 7) is 1.29. The van der Waals surface area contributed by atoms with E-state index in [2.05, 4.69) is 15.3 Å². The van der Waals surface area contributed by atoms with Crippen molar-refractivity contribution < 1.29 is 27.8 Å². The van der Waals surface area contributed by atoms with Gasteiger partial charge in [0.25, 0.3) is 10.0 Å². The fourth-order valence-corrected chi connectivity index (χ4v) is 3.01. The summed E-state index contributed by atoms with van der Waals surface area (Å²) in [6, 6.07) is 6.24. The van der Waals surface area contributed by atoms with Crippen molar-refractivity contribution >= 4 is 22.0 Å². The molecule has 2 aromatic rings. The first-order valence-electron chi connectivity index (χ1n) is 7.42. The molecule has 1 heterocycles. The van der Waals surface area contributed by atoms with Crippen LogP contribution < -0.4 is 19.5 Å². The number of para-hydroxylation sites is 1. The summed E-state index contributed by atoms with van der Waals surface area (Å²) in [4.78, 5) is 19.7. The molecule has 0 spiro atoms. The molecule has 2 rings (SSSR count). The number of urea groups is 1. The van der Waals surface area contributed by atoms with E-state index in [1.807, 2.05) is 4.72 Å². The Kier molecular flexibility index (Phi) is 6.31. The summed E-state index contributed by atoms with van der Waals surface area (Å²) < 4.78 is 36.8. The number of anilines is 1. The van der Waals surface area contributed by atoms with E-state index in [1.165, 1.54) is 25.3 Å². The molecule has 0 bridgehead atoms. The van der Waals surface area contributed by atoms with E-state index >= 15 is 0 Å². The van der Waals surface area contributed by atoms with Gasteiger partial charge in [0.05, 0.1) is 13.7 Å². The van der Waals surface area contributed by atoms with Gasteiger partial charge in [0.2, 0.25) is 11.8 Å². The Hall–Kier alpha value is -2.92. The third-order valence-corrected chi connectivity index (χ3v) is 4.35. The van der Waals surface area contributed by atoms with Gasteiger partial charge in [-0.3, -0.25) is 5.32 Å². The number of aromatic nitrogens is 2. The lowest BCUT2D eigenvalue weighted by molar-refractivity contribution is 0.198. The van der Waals surface area contributed by atoms with Crippen LogP contribution in [0.15, 0.2) is 35.2 Å². The second kappa shape index (κ2) is 8.45. The lowest BCUT2D eigenvalue weighted by atomic mass is 10.3. The van der Waals surface area contributed by atoms with E-state index in [0.717, 1.165) is 0 Å². The minimum atomic E-state index is -4.22. The molecule has 0 radical (unpaired) electrons. The molecule has 0 saturated heterocycles. The second-order valence-corrected chi connectivity index (χ2v) is 6.60. The second-order valence-electron chi connectivity index (χ2n) is 4.95. The van der Waals surface area contributed by atoms with Crippen LogP contribution >= 0.6 is 0 Å². The van der Waals surface area contributed by atoms with E-state index in [-0.39, 0.29) is 35.7 Å². The van der Waals surface area contributed by atoms with Crippen LogP contribution in [0.5, 0.6) is 11.6 Å². The highest BCUT2D eigenvalue weighted by molar-refractivity contribution is 7.90. The minimum Gasteiger partial charge on any atom is -0.490 e. The Morgan fingerprint density at radius 3 is 2.69 bits per heavy atom. The summed E-state index contributed by atoms with van der Waals surface area (Å²) >= 11 is 0. The largest absolute Gasteiger partial charge is 0.490 e. The number of methoxy groups -OCH3 is 1. The van der Waals surface area contributed by atoms with Crippen LogP contribution in [0, 0.1) is 6.92 Å². The third kappa shape index (κ3) is 5.04. The monoisotopic (exact) mass is 382 g/mol. The zero-order valence-corrected chi connectivity index (χ0v) is 14.9. The SMILES string of the molecule is COc1cc(C)nc(NC(=O)NS(=O)(=O)c2ccccc2OCCO)n1. The first-order chi connectivity index (χ1) is 12.4. The van der Waals surface area contributed by atoms with Crippen molar-refractivity contribution in [2.45, 2.75) is 11.8 Å². The van der Waals surface area contributed by atoms with Gasteiger partial charge in [-0.1, -0.05) is 12.1 Å². The number of ether oxygens (including phenoxy) is 2. The maximum atomic E-state index is 12.4. The average molecular weight is 382 g/mol. The number of benzene rings is 1. The Morgan fingerprint density at radius 2 is 2.00 bits per heavy atom. The van der Waals surface area contributed by atoms with Crippen LogP contribution in [0.3, 0.4) is 0 Å². The predicted octanol–water partition coefficient (Wildman–Crippen LogP) is 0.675. The molecule has 0 unspecified atom stereocenters. The minimum absolute atomic E-state index is 0.00956. The molecule has 0 fully saturated rings. The lowest BCUT2D eigenvalue weighted by Gasteiger charge is -2.12. The van der Waals surface area contributed by atoms with Gasteiger partial charge in [-0.05, 0) is 19.1 Å². The first-order valence-corrected chi connectivity index (χ1v) is 8.90. The van der Waals surface area contributed by atoms with Gasteiger partial charge in [0, 0.05) is 11.8 Å². The van der Waals surface area contributed by atoms with E-state index in [0.29, 0.717) is 5.69 Å². The number of aliphatic hydroxyl groups excluding tert-OH is 1. The molecule has 1 aromatic carbocycles. The smallest absolute Gasteiger partial charge is 0.335 e. The Bertz CT molecular complexity index is 887. The number of carbonyl (C=O) groups excluding carboxylic acids is 1. The van der Waals surface area contributed by atoms with Crippen molar-refractivity contribution in [3.05, 3.63) is 36.0 Å². The van der Waals surface area contributed by atoms with Crippen LogP contribution in [-0.4, -0.2) is 49.8 Å². The zero-order valence-electron chi connectivity index (χ0n) is 14.1. The summed E-state index contributed by atoms with van der Waals surface area (Å²) in [7, 11) is -2.82. The highest BCUT2D eigenvalue weighted by Crippen LogP contribution is 2.23. The summed E-state index contributed by atoms with van der Waals surface area (Å²) in [5, 5.41) is 11.1. The predicted molar refractivity (Wildman–Crippen MR) is 91.7 cm³/mol. The van der Waals surface area contributed by atoms with E-state index in [4.69, 9.17) is 14.6 Å². The summed E-state index contributed by atoms with van der Waals surface area (Å²) in [6.07, 6.45) is 0. The van der Waals surface area contributed by atoms with Crippen LogP contribution in [0.1, 0.15) is 5.69 Å². The van der Waals surface area contributed by atoms with Gasteiger partial charge in [-0.25, -0.2) is 22.9 Å². The first kappa shape index (κ1) is 19.4. The maximum Gasteiger partial charge on any atom is 0.335 e. The fraction of sp³-hybridized carbons (Fsp3) is 0.267. The molecule has 0 aliphatic rings. The molecular weight excluding hydrogens is 364 g/mol. The topological polar surface area (TPSA) is 140 Å². The molecule has 11 heteroatoms. The number of carbonyl (C=O) groups is 1. The number of amides is 2. The third-order valence-electron chi connectivity index (χ3n) is 2.98. The summed E-state index contributed by atoms with van der Waals surface area (Å²) in [5.74, 6) is 0.119. The molecule has 1 aromatic heterocycles. The van der Waals surface area contributed by atoms with Crippen molar-refractivity contribution in [2.75, 3.05) is 25.6 Å². The molecule has 0 saturated carbocycles. The zero-order chi connectivity index (χ0) is 19.2. The molecule has 2 amide bonds. The van der Waals surface area contributed by atoms with Crippen molar-refractivity contribution in [3.8, 4) is 11.6 Å². The number of hydrogen-bond donors (Lipinski definition) is 3. The maximum absolute atomic E-state index is 12.4. The van der Waals surface area contributed by atoms with Gasteiger partial charge in [0.15, 0.2) is 0 Å². The molecule has 0 atom stereocenters. The number of hydrogen-bond acceptors (Lipinski definition) is 8. The van der Waals surface area contributed by atoms with Crippen LogP contribution in [0.4, 0.5) is 10.7 Å². The standard InChI is InChI=1S/C15H18N4O6S/c1-10-9-13(24-2)17-14(16-10)18-15(21)19-26(22,23)12-6-4-3-5-11(12)25-8-7-20/h3-6,9,20H,7-8H2,1-2H3,(H2,16,17,18,19,21). The van der Waals surface area contributed by atoms with Crippen LogP contribution in [0.25, 0.3) is 0 Å². The van der Waals surface area contributed by atoms with E-state index < -0.39 is 16.1 Å². The van der Waals surface area contributed by atoms with Crippen molar-refractivity contribution in [1.82, 2.24) is 14.7 Å². The van der Waals surface area contributed by atoms with Crippen molar-refractivity contribution in [1.29, 1.82) is 0 Å². The van der Waals surface area contributed by atoms with E-state index in [1.54, 1.807) is 19.1 Å². The highest BCUT2D eigenvalue weighted by atomic mass is 32.2. The molecular formula is C15H18N4O6S. The van der Waals surface area contributed by atoms with Crippen molar-refractivity contribution in [2.24, 2.45) is 0 Å². The fourth-order valence-electron chi connectivity index (χ4n) is 1.95. The Balaban J connectivity index is 2.17. The number of aryl methyl sites for hydroxylation is 1. The number of rotatable bonds is 7. The van der Waals surface area contributed by atoms with Gasteiger partial charge in [-0.15, -0.1) is 0 Å². The van der Waals surface area contributed by atoms with Crippen LogP contribution in [-0.2, 0) is 10.0 Å².